The molecule has 1 heterocycles. The van der Waals surface area contributed by atoms with Crippen molar-refractivity contribution >= 4 is 29.3 Å². The smallest absolute Gasteiger partial charge is 0.234 e. The van der Waals surface area contributed by atoms with E-state index >= 15 is 0 Å². The monoisotopic (exact) mass is 151 g/mol. The zero-order chi connectivity index (χ0) is 6.15. The molecule has 0 bridgehead atoms. The molecular formula is C3H5NO2S2. The van der Waals surface area contributed by atoms with Crippen LogP contribution in [0.2, 0.25) is 0 Å². The lowest BCUT2D eigenvalue weighted by Gasteiger charge is -1.94. The van der Waals surface area contributed by atoms with Crippen LogP contribution in [0, 0.1) is 0 Å². The first-order valence-electron chi connectivity index (χ1n) is 2.05. The second kappa shape index (κ2) is 2.06. The molecule has 1 aliphatic heterocycles. The summed E-state index contributed by atoms with van der Waals surface area (Å²) >= 11 is 3.81. The van der Waals surface area contributed by atoms with E-state index in [0.29, 0.717) is 0 Å². The van der Waals surface area contributed by atoms with E-state index in [1.165, 1.54) is 0 Å². The Morgan fingerprint density at radius 2 is 2.50 bits per heavy atom. The standard InChI is InChI=1S/C3H5NO2S2/c5-2-1-8(6)3(7)4-2/h3,7H,1H2,(H,4,5). The third kappa shape index (κ3) is 1.03. The van der Waals surface area contributed by atoms with Crippen molar-refractivity contribution in [2.75, 3.05) is 5.75 Å². The van der Waals surface area contributed by atoms with E-state index in [9.17, 15) is 9.00 Å². The van der Waals surface area contributed by atoms with Crippen molar-refractivity contribution in [1.82, 2.24) is 5.32 Å². The summed E-state index contributed by atoms with van der Waals surface area (Å²) in [5.74, 6) is -0.0721. The highest BCUT2D eigenvalue weighted by Gasteiger charge is 2.24. The topological polar surface area (TPSA) is 46.2 Å². The molecule has 3 nitrogen and oxygen atoms in total. The van der Waals surface area contributed by atoms with Crippen molar-refractivity contribution in [2.45, 2.75) is 4.71 Å². The molecule has 8 heavy (non-hydrogen) atoms. The van der Waals surface area contributed by atoms with Crippen molar-refractivity contribution in [2.24, 2.45) is 0 Å². The number of nitrogens with one attached hydrogen (secondary N) is 1. The van der Waals surface area contributed by atoms with Gasteiger partial charge in [0.05, 0.1) is 10.8 Å². The number of hydrogen-bond donors (Lipinski definition) is 2. The second-order valence-corrected chi connectivity index (χ2v) is 3.83. The van der Waals surface area contributed by atoms with Gasteiger partial charge < -0.3 is 5.32 Å². The van der Waals surface area contributed by atoms with Crippen LogP contribution < -0.4 is 5.32 Å². The van der Waals surface area contributed by atoms with Gasteiger partial charge in [0.25, 0.3) is 0 Å². The van der Waals surface area contributed by atoms with Crippen LogP contribution in [0.1, 0.15) is 0 Å². The quantitative estimate of drug-likeness (QED) is 0.440. The van der Waals surface area contributed by atoms with Gasteiger partial charge in [-0.2, -0.15) is 0 Å². The lowest BCUT2D eigenvalue weighted by molar-refractivity contribution is -0.117. The van der Waals surface area contributed by atoms with E-state index in [2.05, 4.69) is 17.9 Å². The van der Waals surface area contributed by atoms with Gasteiger partial charge in [-0.1, -0.05) is 0 Å². The Balaban J connectivity index is 2.64. The minimum atomic E-state index is -1.09. The molecule has 2 atom stereocenters. The van der Waals surface area contributed by atoms with Gasteiger partial charge in [0.15, 0.2) is 0 Å². The highest BCUT2D eigenvalue weighted by Crippen LogP contribution is 2.04. The van der Waals surface area contributed by atoms with Gasteiger partial charge in [0, 0.05) is 0 Å². The molecule has 0 saturated carbocycles. The third-order valence-electron chi connectivity index (χ3n) is 0.807. The molecule has 5 heteroatoms. The normalized spacial score (nSPS) is 37.4. The van der Waals surface area contributed by atoms with E-state index in [1.807, 2.05) is 0 Å². The first-order chi connectivity index (χ1) is 3.70. The number of hydrogen-bond acceptors (Lipinski definition) is 3. The Bertz CT molecular complexity index is 146. The maximum absolute atomic E-state index is 10.5. The summed E-state index contributed by atoms with van der Waals surface area (Å²) in [6, 6.07) is 0. The summed E-state index contributed by atoms with van der Waals surface area (Å²) in [5.41, 5.74) is 0. The van der Waals surface area contributed by atoms with Crippen LogP contribution in [-0.4, -0.2) is 20.6 Å². The molecule has 1 rings (SSSR count). The lowest BCUT2D eigenvalue weighted by atomic mass is 10.7. The Labute approximate surface area is 54.7 Å². The predicted molar refractivity (Wildman–Crippen MR) is 33.9 cm³/mol. The molecule has 0 aromatic carbocycles. The zero-order valence-electron chi connectivity index (χ0n) is 3.96. The molecule has 2 unspecified atom stereocenters. The number of amides is 1. The molecule has 0 aliphatic carbocycles. The van der Waals surface area contributed by atoms with Gasteiger partial charge in [-0.15, -0.1) is 12.6 Å². The Kier molecular flexibility index (Phi) is 1.57. The van der Waals surface area contributed by atoms with Crippen molar-refractivity contribution < 1.29 is 9.00 Å². The van der Waals surface area contributed by atoms with Crippen molar-refractivity contribution in [1.29, 1.82) is 0 Å². The molecule has 0 spiro atoms. The fourth-order valence-electron chi connectivity index (χ4n) is 0.453. The number of rotatable bonds is 0. The average molecular weight is 151 g/mol. The molecular weight excluding hydrogens is 146 g/mol. The molecule has 1 saturated heterocycles. The number of carbonyl (C=O) groups excluding carboxylic acids is 1. The molecule has 1 aliphatic rings. The van der Waals surface area contributed by atoms with Crippen LogP contribution in [-0.2, 0) is 15.6 Å². The van der Waals surface area contributed by atoms with E-state index < -0.39 is 15.5 Å². The van der Waals surface area contributed by atoms with Crippen molar-refractivity contribution in [3.63, 3.8) is 0 Å². The summed E-state index contributed by atoms with van der Waals surface area (Å²) in [5, 5.41) is 2.39. The second-order valence-electron chi connectivity index (χ2n) is 1.44. The Morgan fingerprint density at radius 3 is 2.62 bits per heavy atom. The summed E-state index contributed by atoms with van der Waals surface area (Å²) in [7, 11) is -1.09. The summed E-state index contributed by atoms with van der Waals surface area (Å²) in [6.45, 7) is 0. The predicted octanol–water partition coefficient (Wildman–Crippen LogP) is -0.922. The molecule has 1 fully saturated rings. The zero-order valence-corrected chi connectivity index (χ0v) is 5.67. The molecule has 0 radical (unpaired) electrons. The fraction of sp³-hybridized carbons (Fsp3) is 0.667. The Hall–Kier alpha value is -0.0300. The largest absolute Gasteiger partial charge is 0.333 e. The Morgan fingerprint density at radius 1 is 1.88 bits per heavy atom. The highest BCUT2D eigenvalue weighted by molar-refractivity contribution is 8.02. The summed E-state index contributed by atoms with van der Waals surface area (Å²) < 4.78 is 10.1. The minimum Gasteiger partial charge on any atom is -0.333 e. The molecule has 1 N–H and O–H groups in total. The molecule has 0 aromatic heterocycles. The van der Waals surface area contributed by atoms with E-state index in [-0.39, 0.29) is 11.7 Å². The van der Waals surface area contributed by atoms with Gasteiger partial charge >= 0.3 is 0 Å². The van der Waals surface area contributed by atoms with Crippen molar-refractivity contribution in [3.05, 3.63) is 0 Å². The van der Waals surface area contributed by atoms with Gasteiger partial charge in [0.1, 0.15) is 10.5 Å². The van der Waals surface area contributed by atoms with Gasteiger partial charge in [-0.05, 0) is 0 Å². The third-order valence-corrected chi connectivity index (χ3v) is 2.80. The average Bonchev–Trinajstić information content (AvgIpc) is 1.85. The number of thiol groups is 1. The molecule has 1 amide bonds. The van der Waals surface area contributed by atoms with Crippen LogP contribution >= 0.6 is 12.6 Å². The van der Waals surface area contributed by atoms with Crippen LogP contribution in [0.5, 0.6) is 0 Å². The number of carbonyl (C=O) groups is 1. The maximum Gasteiger partial charge on any atom is 0.234 e. The first kappa shape index (κ1) is 6.10. The van der Waals surface area contributed by atoms with Crippen molar-refractivity contribution in [3.8, 4) is 0 Å². The minimum absolute atomic E-state index is 0.105. The lowest BCUT2D eigenvalue weighted by Crippen LogP contribution is -2.21. The van der Waals surface area contributed by atoms with Crippen LogP contribution in [0.15, 0.2) is 0 Å². The summed E-state index contributed by atoms with van der Waals surface area (Å²) in [6.07, 6.45) is 0. The fourth-order valence-corrected chi connectivity index (χ4v) is 1.58. The highest BCUT2D eigenvalue weighted by atomic mass is 32.2. The maximum atomic E-state index is 10.5. The van der Waals surface area contributed by atoms with Gasteiger partial charge in [-0.3, -0.25) is 9.00 Å². The van der Waals surface area contributed by atoms with Crippen LogP contribution in [0.3, 0.4) is 0 Å². The first-order valence-corrected chi connectivity index (χ1v) is 3.94. The van der Waals surface area contributed by atoms with E-state index in [0.717, 1.165) is 0 Å². The van der Waals surface area contributed by atoms with Crippen LogP contribution in [0.25, 0.3) is 0 Å². The molecule has 46 valence electrons. The SMILES string of the molecule is O=C1CS(=O)C(S)N1. The van der Waals surface area contributed by atoms with E-state index in [1.54, 1.807) is 0 Å². The van der Waals surface area contributed by atoms with Gasteiger partial charge in [0.2, 0.25) is 5.91 Å². The summed E-state index contributed by atoms with van der Waals surface area (Å²) in [4.78, 5) is 10.3. The van der Waals surface area contributed by atoms with Crippen LogP contribution in [0.4, 0.5) is 0 Å². The molecule has 0 aromatic rings. The van der Waals surface area contributed by atoms with E-state index in [4.69, 9.17) is 0 Å². The van der Waals surface area contributed by atoms with Gasteiger partial charge in [-0.25, -0.2) is 0 Å².